The van der Waals surface area contributed by atoms with Crippen LogP contribution < -0.4 is 0 Å². The van der Waals surface area contributed by atoms with E-state index < -0.39 is 5.60 Å². The summed E-state index contributed by atoms with van der Waals surface area (Å²) in [5, 5.41) is 0. The number of nitrogens with zero attached hydrogens (tertiary/aromatic N) is 2. The summed E-state index contributed by atoms with van der Waals surface area (Å²) in [4.78, 5) is 28.5. The van der Waals surface area contributed by atoms with Gasteiger partial charge in [-0.15, -0.1) is 0 Å². The van der Waals surface area contributed by atoms with E-state index in [9.17, 15) is 9.59 Å². The van der Waals surface area contributed by atoms with Crippen molar-refractivity contribution in [3.63, 3.8) is 0 Å². The fourth-order valence-corrected chi connectivity index (χ4v) is 4.16. The Morgan fingerprint density at radius 2 is 1.79 bits per heavy atom. The molecule has 3 rings (SSSR count). The van der Waals surface area contributed by atoms with Crippen molar-refractivity contribution in [3.8, 4) is 0 Å². The summed E-state index contributed by atoms with van der Waals surface area (Å²) < 4.78 is 11.2. The summed E-state index contributed by atoms with van der Waals surface area (Å²) in [7, 11) is 0. The highest BCUT2D eigenvalue weighted by molar-refractivity contribution is 5.79. The van der Waals surface area contributed by atoms with Crippen LogP contribution in [0.3, 0.4) is 0 Å². The predicted octanol–water partition coefficient (Wildman–Crippen LogP) is 2.56. The largest absolute Gasteiger partial charge is 0.444 e. The quantitative estimate of drug-likeness (QED) is 0.737. The minimum Gasteiger partial charge on any atom is -0.444 e. The molecule has 1 saturated carbocycles. The zero-order chi connectivity index (χ0) is 17.3. The molecule has 2 aliphatic heterocycles. The molecule has 0 aromatic heterocycles. The molecule has 2 amide bonds. The molecule has 24 heavy (non-hydrogen) atoms. The van der Waals surface area contributed by atoms with E-state index >= 15 is 0 Å². The zero-order valence-corrected chi connectivity index (χ0v) is 15.1. The zero-order valence-electron chi connectivity index (χ0n) is 15.1. The van der Waals surface area contributed by atoms with Crippen LogP contribution in [0.1, 0.15) is 59.3 Å². The van der Waals surface area contributed by atoms with Gasteiger partial charge in [0, 0.05) is 19.1 Å². The predicted molar refractivity (Wildman–Crippen MR) is 89.7 cm³/mol. The normalized spacial score (nSPS) is 29.4. The highest BCUT2D eigenvalue weighted by Gasteiger charge is 2.42. The molecule has 3 fully saturated rings. The molecule has 6 nitrogen and oxygen atoms in total. The van der Waals surface area contributed by atoms with Gasteiger partial charge in [-0.1, -0.05) is 12.8 Å². The Labute approximate surface area is 144 Å². The molecule has 1 unspecified atom stereocenters. The van der Waals surface area contributed by atoms with Gasteiger partial charge >= 0.3 is 6.09 Å². The van der Waals surface area contributed by atoms with Gasteiger partial charge in [0.15, 0.2) is 0 Å². The molecule has 0 aromatic carbocycles. The summed E-state index contributed by atoms with van der Waals surface area (Å²) in [5.74, 6) is 0.119. The van der Waals surface area contributed by atoms with E-state index in [0.29, 0.717) is 13.1 Å². The van der Waals surface area contributed by atoms with E-state index in [-0.39, 0.29) is 36.8 Å². The first-order valence-corrected chi connectivity index (χ1v) is 9.26. The number of morpholine rings is 1. The SMILES string of the molecule is CC(C)(C)OC(=O)N1CCC(N2C(=O)CO[C@H]3CCCCC32)CC1. The van der Waals surface area contributed by atoms with Crippen LogP contribution in [0.5, 0.6) is 0 Å². The Hall–Kier alpha value is -1.30. The number of hydrogen-bond donors (Lipinski definition) is 0. The van der Waals surface area contributed by atoms with Crippen LogP contribution in [0, 0.1) is 0 Å². The van der Waals surface area contributed by atoms with Gasteiger partial charge in [-0.3, -0.25) is 4.79 Å². The lowest BCUT2D eigenvalue weighted by molar-refractivity contribution is -0.166. The maximum atomic E-state index is 12.4. The monoisotopic (exact) mass is 338 g/mol. The maximum absolute atomic E-state index is 12.4. The highest BCUT2D eigenvalue weighted by Crippen LogP contribution is 2.32. The van der Waals surface area contributed by atoms with Gasteiger partial charge in [-0.2, -0.15) is 0 Å². The first-order chi connectivity index (χ1) is 11.3. The molecule has 2 heterocycles. The second-order valence-corrected chi connectivity index (χ2v) is 8.20. The van der Waals surface area contributed by atoms with Crippen LogP contribution >= 0.6 is 0 Å². The molecule has 3 aliphatic rings. The Morgan fingerprint density at radius 3 is 2.46 bits per heavy atom. The van der Waals surface area contributed by atoms with E-state index in [1.54, 1.807) is 4.90 Å². The van der Waals surface area contributed by atoms with Crippen molar-refractivity contribution in [2.45, 2.75) is 83.1 Å². The van der Waals surface area contributed by atoms with Crippen molar-refractivity contribution in [3.05, 3.63) is 0 Å². The van der Waals surface area contributed by atoms with Gasteiger partial charge in [0.05, 0.1) is 12.1 Å². The van der Waals surface area contributed by atoms with Gasteiger partial charge in [0.1, 0.15) is 12.2 Å². The lowest BCUT2D eigenvalue weighted by Crippen LogP contribution is -2.61. The summed E-state index contributed by atoms with van der Waals surface area (Å²) in [6, 6.07) is 0.462. The summed E-state index contributed by atoms with van der Waals surface area (Å²) in [5.41, 5.74) is -0.469. The van der Waals surface area contributed by atoms with Gasteiger partial charge in [-0.05, 0) is 46.5 Å². The first kappa shape index (κ1) is 17.5. The lowest BCUT2D eigenvalue weighted by Gasteiger charge is -2.49. The minimum absolute atomic E-state index is 0.119. The van der Waals surface area contributed by atoms with E-state index in [2.05, 4.69) is 4.90 Å². The van der Waals surface area contributed by atoms with Crippen molar-refractivity contribution in [1.82, 2.24) is 9.80 Å². The molecule has 0 N–H and O–H groups in total. The molecule has 2 atom stereocenters. The summed E-state index contributed by atoms with van der Waals surface area (Å²) >= 11 is 0. The number of fused-ring (bicyclic) bond motifs is 1. The molecule has 1 aliphatic carbocycles. The van der Waals surface area contributed by atoms with Crippen molar-refractivity contribution in [2.75, 3.05) is 19.7 Å². The van der Waals surface area contributed by atoms with Crippen LogP contribution in [-0.4, -0.2) is 65.3 Å². The Morgan fingerprint density at radius 1 is 1.12 bits per heavy atom. The summed E-state index contributed by atoms with van der Waals surface area (Å²) in [6.07, 6.45) is 6.09. The molecule has 136 valence electrons. The fourth-order valence-electron chi connectivity index (χ4n) is 4.16. The average molecular weight is 338 g/mol. The Kier molecular flexibility index (Phi) is 5.04. The van der Waals surface area contributed by atoms with E-state index in [1.807, 2.05) is 20.8 Å². The number of carbonyl (C=O) groups excluding carboxylic acids is 2. The third-order valence-electron chi connectivity index (χ3n) is 5.24. The van der Waals surface area contributed by atoms with Crippen LogP contribution in [0.4, 0.5) is 4.79 Å². The molecule has 0 bridgehead atoms. The number of amides is 2. The Balaban J connectivity index is 1.59. The highest BCUT2D eigenvalue weighted by atomic mass is 16.6. The topological polar surface area (TPSA) is 59.1 Å². The van der Waals surface area contributed by atoms with Gasteiger partial charge in [0.2, 0.25) is 5.91 Å². The number of piperidine rings is 1. The number of ether oxygens (including phenoxy) is 2. The van der Waals surface area contributed by atoms with Crippen molar-refractivity contribution < 1.29 is 19.1 Å². The molecular formula is C18H30N2O4. The molecule has 0 aromatic rings. The summed E-state index contributed by atoms with van der Waals surface area (Å²) in [6.45, 7) is 7.17. The van der Waals surface area contributed by atoms with E-state index in [4.69, 9.17) is 9.47 Å². The Bertz CT molecular complexity index is 480. The van der Waals surface area contributed by atoms with Crippen LogP contribution in [0.2, 0.25) is 0 Å². The maximum Gasteiger partial charge on any atom is 0.410 e. The minimum atomic E-state index is -0.469. The first-order valence-electron chi connectivity index (χ1n) is 9.26. The van der Waals surface area contributed by atoms with Crippen molar-refractivity contribution in [2.24, 2.45) is 0 Å². The average Bonchev–Trinajstić information content (AvgIpc) is 2.53. The number of rotatable bonds is 1. The molecule has 6 heteroatoms. The molecular weight excluding hydrogens is 308 g/mol. The van der Waals surface area contributed by atoms with Crippen LogP contribution in [0.25, 0.3) is 0 Å². The fraction of sp³-hybridized carbons (Fsp3) is 0.889. The number of likely N-dealkylation sites (tertiary alicyclic amines) is 1. The lowest BCUT2D eigenvalue weighted by atomic mass is 9.87. The van der Waals surface area contributed by atoms with E-state index in [0.717, 1.165) is 25.7 Å². The van der Waals surface area contributed by atoms with E-state index in [1.165, 1.54) is 12.8 Å². The third kappa shape index (κ3) is 3.85. The van der Waals surface area contributed by atoms with Crippen LogP contribution in [0.15, 0.2) is 0 Å². The van der Waals surface area contributed by atoms with Gasteiger partial charge < -0.3 is 19.3 Å². The van der Waals surface area contributed by atoms with Crippen LogP contribution in [-0.2, 0) is 14.3 Å². The standard InChI is InChI=1S/C18H30N2O4/c1-18(2,3)24-17(22)19-10-8-13(9-11-19)20-14-6-4-5-7-15(14)23-12-16(20)21/h13-15H,4-12H2,1-3H3/t14?,15-/m0/s1. The number of hydrogen-bond acceptors (Lipinski definition) is 4. The smallest absolute Gasteiger partial charge is 0.410 e. The third-order valence-corrected chi connectivity index (χ3v) is 5.24. The molecule has 0 spiro atoms. The second kappa shape index (κ2) is 6.90. The van der Waals surface area contributed by atoms with Gasteiger partial charge in [0.25, 0.3) is 0 Å². The van der Waals surface area contributed by atoms with Crippen molar-refractivity contribution in [1.29, 1.82) is 0 Å². The van der Waals surface area contributed by atoms with Crippen molar-refractivity contribution >= 4 is 12.0 Å². The van der Waals surface area contributed by atoms with Gasteiger partial charge in [-0.25, -0.2) is 4.79 Å². The molecule has 2 saturated heterocycles. The second-order valence-electron chi connectivity index (χ2n) is 8.20. The number of carbonyl (C=O) groups is 2. The molecule has 0 radical (unpaired) electrons.